The first-order chi connectivity index (χ1) is 13.1. The number of carbonyl (C=O) groups is 1. The van der Waals surface area contributed by atoms with Crippen LogP contribution in [0.15, 0.2) is 59.4 Å². The molecule has 0 bridgehead atoms. The fourth-order valence-corrected chi connectivity index (χ4v) is 3.55. The first kappa shape index (κ1) is 18.4. The second-order valence-corrected chi connectivity index (χ2v) is 6.74. The van der Waals surface area contributed by atoms with Gasteiger partial charge < -0.3 is 4.74 Å². The number of aromatic nitrogens is 1. The van der Waals surface area contributed by atoms with E-state index in [0.29, 0.717) is 14.8 Å². The van der Waals surface area contributed by atoms with E-state index in [1.165, 1.54) is 22.0 Å². The molecule has 3 aromatic rings. The Bertz CT molecular complexity index is 1170. The molecule has 0 atom stereocenters. The number of ketones is 1. The smallest absolute Gasteiger partial charge is 0.269 e. The maximum absolute atomic E-state index is 12.8. The molecule has 5 nitrogen and oxygen atoms in total. The third kappa shape index (κ3) is 4.22. The number of nitrogens with zero attached hydrogens (tertiary/aromatic N) is 2. The number of hydrogen-bond acceptors (Lipinski definition) is 5. The number of methoxy groups -OCH3 is 1. The van der Waals surface area contributed by atoms with Gasteiger partial charge >= 0.3 is 0 Å². The van der Waals surface area contributed by atoms with Gasteiger partial charge in [0.1, 0.15) is 10.4 Å². The summed E-state index contributed by atoms with van der Waals surface area (Å²) in [7, 11) is 1.59. The fourth-order valence-electron chi connectivity index (χ4n) is 2.56. The lowest BCUT2D eigenvalue weighted by Gasteiger charge is -2.01. The van der Waals surface area contributed by atoms with E-state index in [1.54, 1.807) is 49.6 Å². The van der Waals surface area contributed by atoms with E-state index in [0.717, 1.165) is 11.3 Å². The van der Waals surface area contributed by atoms with Crippen LogP contribution in [-0.2, 0) is 6.54 Å². The van der Waals surface area contributed by atoms with Crippen molar-refractivity contribution in [1.82, 2.24) is 4.57 Å². The van der Waals surface area contributed by atoms with Gasteiger partial charge in [0.15, 0.2) is 5.78 Å². The van der Waals surface area contributed by atoms with Crippen LogP contribution < -0.4 is 19.5 Å². The Morgan fingerprint density at radius 1 is 1.19 bits per heavy atom. The van der Waals surface area contributed by atoms with Gasteiger partial charge in [0.2, 0.25) is 0 Å². The van der Waals surface area contributed by atoms with E-state index in [2.05, 4.69) is 0 Å². The summed E-state index contributed by atoms with van der Waals surface area (Å²) in [6.45, 7) is -0.108. The molecule has 1 aromatic heterocycles. The Morgan fingerprint density at radius 2 is 1.89 bits per heavy atom. The van der Waals surface area contributed by atoms with Crippen LogP contribution >= 0.6 is 11.3 Å². The molecule has 0 saturated carbocycles. The largest absolute Gasteiger partial charge is 0.497 e. The van der Waals surface area contributed by atoms with E-state index in [-0.39, 0.29) is 17.9 Å². The number of rotatable bonds is 5. The molecule has 2 aromatic carbocycles. The van der Waals surface area contributed by atoms with Gasteiger partial charge in [0.25, 0.3) is 5.56 Å². The summed E-state index contributed by atoms with van der Waals surface area (Å²) >= 11 is 1.19. The molecule has 6 heteroatoms. The highest BCUT2D eigenvalue weighted by Gasteiger charge is 2.11. The van der Waals surface area contributed by atoms with Crippen LogP contribution in [-0.4, -0.2) is 17.5 Å². The lowest BCUT2D eigenvalue weighted by atomic mass is 10.1. The van der Waals surface area contributed by atoms with Crippen molar-refractivity contribution in [3.63, 3.8) is 0 Å². The van der Waals surface area contributed by atoms with Gasteiger partial charge in [-0.15, -0.1) is 11.3 Å². The van der Waals surface area contributed by atoms with Crippen LogP contribution in [0.4, 0.5) is 0 Å². The highest BCUT2D eigenvalue weighted by atomic mass is 32.1. The van der Waals surface area contributed by atoms with Crippen LogP contribution in [0.5, 0.6) is 5.75 Å². The molecular formula is C21H16N2O3S. The Labute approximate surface area is 159 Å². The summed E-state index contributed by atoms with van der Waals surface area (Å²) in [5, 5.41) is 9.02. The van der Waals surface area contributed by atoms with Crippen molar-refractivity contribution >= 4 is 29.3 Å². The van der Waals surface area contributed by atoms with Crippen molar-refractivity contribution < 1.29 is 9.53 Å². The topological polar surface area (TPSA) is 72.1 Å². The van der Waals surface area contributed by atoms with Gasteiger partial charge in [-0.2, -0.15) is 5.26 Å². The molecule has 0 aliphatic heterocycles. The molecule has 3 rings (SSSR count). The van der Waals surface area contributed by atoms with Crippen molar-refractivity contribution in [2.45, 2.75) is 6.54 Å². The Kier molecular flexibility index (Phi) is 5.64. The maximum Gasteiger partial charge on any atom is 0.269 e. The molecule has 0 amide bonds. The highest BCUT2D eigenvalue weighted by molar-refractivity contribution is 7.07. The van der Waals surface area contributed by atoms with Gasteiger partial charge in [-0.3, -0.25) is 14.2 Å². The molecule has 134 valence electrons. The van der Waals surface area contributed by atoms with Crippen LogP contribution in [0.2, 0.25) is 0 Å². The van der Waals surface area contributed by atoms with E-state index in [9.17, 15) is 9.59 Å². The Morgan fingerprint density at radius 3 is 2.52 bits per heavy atom. The predicted molar refractivity (Wildman–Crippen MR) is 105 cm³/mol. The van der Waals surface area contributed by atoms with E-state index in [4.69, 9.17) is 10.00 Å². The molecule has 0 aliphatic carbocycles. The van der Waals surface area contributed by atoms with Crippen molar-refractivity contribution in [2.24, 2.45) is 0 Å². The minimum Gasteiger partial charge on any atom is -0.497 e. The first-order valence-electron chi connectivity index (χ1n) is 8.16. The average Bonchev–Trinajstić information content (AvgIpc) is 2.98. The van der Waals surface area contributed by atoms with E-state index in [1.807, 2.05) is 24.3 Å². The molecule has 0 unspecified atom stereocenters. The van der Waals surface area contributed by atoms with Crippen LogP contribution in [0.25, 0.3) is 12.2 Å². The molecule has 27 heavy (non-hydrogen) atoms. The number of benzene rings is 2. The normalized spacial score (nSPS) is 12.0. The molecule has 0 aliphatic rings. The van der Waals surface area contributed by atoms with Crippen molar-refractivity contribution in [2.75, 3.05) is 7.11 Å². The minimum absolute atomic E-state index is 0.108. The zero-order chi connectivity index (χ0) is 19.2. The molecule has 0 fully saturated rings. The molecular weight excluding hydrogens is 360 g/mol. The quantitative estimate of drug-likeness (QED) is 0.638. The van der Waals surface area contributed by atoms with Gasteiger partial charge in [0.05, 0.1) is 24.3 Å². The predicted octanol–water partition coefficient (Wildman–Crippen LogP) is 1.93. The summed E-state index contributed by atoms with van der Waals surface area (Å²) in [6.07, 6.45) is 3.03. The van der Waals surface area contributed by atoms with Crippen LogP contribution in [0.3, 0.4) is 0 Å². The Hall–Kier alpha value is -3.43. The van der Waals surface area contributed by atoms with Gasteiger partial charge in [0, 0.05) is 11.6 Å². The molecule has 0 spiro atoms. The number of carbonyl (C=O) groups excluding carboxylic acids is 1. The number of nitriles is 1. The Balaban J connectivity index is 2.03. The first-order valence-corrected chi connectivity index (χ1v) is 8.97. The number of thiazole rings is 1. The summed E-state index contributed by atoms with van der Waals surface area (Å²) < 4.78 is 7.39. The lowest BCUT2D eigenvalue weighted by Crippen LogP contribution is -2.34. The molecule has 0 N–H and O–H groups in total. The molecule has 0 radical (unpaired) electrons. The zero-order valence-electron chi connectivity index (χ0n) is 14.6. The van der Waals surface area contributed by atoms with Crippen LogP contribution in [0.1, 0.15) is 15.9 Å². The van der Waals surface area contributed by atoms with Crippen molar-refractivity contribution in [3.05, 3.63) is 85.3 Å². The third-order valence-corrected chi connectivity index (χ3v) is 5.00. The van der Waals surface area contributed by atoms with E-state index < -0.39 is 0 Å². The molecule has 0 saturated heterocycles. The monoisotopic (exact) mass is 376 g/mol. The maximum atomic E-state index is 12.8. The fraction of sp³-hybridized carbons (Fsp3) is 0.0952. The standard InChI is InChI=1S/C21H16N2O3S/c1-26-17-9-7-15(8-10-17)13-19-21(25)23(20(27-19)11-12-22)14-18(24)16-5-3-2-4-6-16/h2-11,13H,14H2,1H3. The number of ether oxygens (including phenoxy) is 1. The van der Waals surface area contributed by atoms with Gasteiger partial charge in [-0.05, 0) is 23.8 Å². The second-order valence-electron chi connectivity index (χ2n) is 5.68. The summed E-state index contributed by atoms with van der Waals surface area (Å²) in [6, 6.07) is 18.0. The third-order valence-electron chi connectivity index (χ3n) is 3.94. The van der Waals surface area contributed by atoms with Gasteiger partial charge in [-0.25, -0.2) is 0 Å². The molecule has 1 heterocycles. The SMILES string of the molecule is COc1ccc(C=c2sc(=CC#N)n(CC(=O)c3ccccc3)c2=O)cc1. The van der Waals surface area contributed by atoms with Crippen molar-refractivity contribution in [1.29, 1.82) is 5.26 Å². The summed E-state index contributed by atoms with van der Waals surface area (Å²) in [4.78, 5) is 25.3. The second kappa shape index (κ2) is 8.30. The zero-order valence-corrected chi connectivity index (χ0v) is 15.4. The average molecular weight is 376 g/mol. The van der Waals surface area contributed by atoms with Gasteiger partial charge in [-0.1, -0.05) is 42.5 Å². The highest BCUT2D eigenvalue weighted by Crippen LogP contribution is 2.11. The summed E-state index contributed by atoms with van der Waals surface area (Å²) in [5.74, 6) is 0.543. The van der Waals surface area contributed by atoms with Crippen LogP contribution in [0, 0.1) is 11.3 Å². The van der Waals surface area contributed by atoms with E-state index >= 15 is 0 Å². The van der Waals surface area contributed by atoms with Crippen molar-refractivity contribution in [3.8, 4) is 11.8 Å². The minimum atomic E-state index is -0.290. The number of hydrogen-bond donors (Lipinski definition) is 0. The summed E-state index contributed by atoms with van der Waals surface area (Å²) in [5.41, 5.74) is 1.07. The lowest BCUT2D eigenvalue weighted by molar-refractivity contribution is 0.0970. The number of Topliss-reactive ketones (excluding diaryl/α,β-unsaturated/α-hetero) is 1.